The van der Waals surface area contributed by atoms with Gasteiger partial charge in [-0.2, -0.15) is 5.26 Å². The van der Waals surface area contributed by atoms with Crippen molar-refractivity contribution in [1.82, 2.24) is 0 Å². The molecule has 5 nitrogen and oxygen atoms in total. The van der Waals surface area contributed by atoms with Gasteiger partial charge in [-0.1, -0.05) is 0 Å². The molecule has 1 aromatic carbocycles. The third kappa shape index (κ3) is 4.81. The van der Waals surface area contributed by atoms with Gasteiger partial charge >= 0.3 is 0 Å². The molecule has 0 aromatic heterocycles. The van der Waals surface area contributed by atoms with Gasteiger partial charge < -0.3 is 9.47 Å². The molecule has 6 heteroatoms. The van der Waals surface area contributed by atoms with Gasteiger partial charge in [0.05, 0.1) is 41.6 Å². The van der Waals surface area contributed by atoms with Gasteiger partial charge in [-0.25, -0.2) is 8.42 Å². The van der Waals surface area contributed by atoms with Crippen LogP contribution < -0.4 is 0 Å². The van der Waals surface area contributed by atoms with Crippen molar-refractivity contribution in [1.29, 1.82) is 5.26 Å². The molecular formula is C15H19NO4S. The van der Waals surface area contributed by atoms with E-state index in [1.54, 1.807) is 0 Å². The van der Waals surface area contributed by atoms with Crippen molar-refractivity contribution in [2.24, 2.45) is 0 Å². The molecule has 1 saturated heterocycles. The summed E-state index contributed by atoms with van der Waals surface area (Å²) in [6.45, 7) is 1.36. The molecule has 0 bridgehead atoms. The van der Waals surface area contributed by atoms with E-state index in [-0.39, 0.29) is 23.4 Å². The van der Waals surface area contributed by atoms with Crippen molar-refractivity contribution >= 4 is 9.84 Å². The first-order chi connectivity index (χ1) is 10.1. The maximum absolute atomic E-state index is 12.1. The fourth-order valence-corrected chi connectivity index (χ4v) is 3.30. The molecule has 0 saturated carbocycles. The first-order valence-corrected chi connectivity index (χ1v) is 8.69. The van der Waals surface area contributed by atoms with Crippen molar-refractivity contribution in [2.45, 2.75) is 30.3 Å². The SMILES string of the molecule is N#Cc1ccc(S(=O)(=O)CCOCC2CCCCO2)cc1. The minimum absolute atomic E-state index is 0.0639. The standard InChI is InChI=1S/C15H19NO4S/c16-11-13-4-6-15(7-5-13)21(17,18)10-9-19-12-14-3-1-2-8-20-14/h4-7,14H,1-3,8-10,12H2. The Morgan fingerprint density at radius 2 is 2.05 bits per heavy atom. The lowest BCUT2D eigenvalue weighted by atomic mass is 10.1. The molecule has 0 spiro atoms. The predicted octanol–water partition coefficient (Wildman–Crippen LogP) is 1.92. The Labute approximate surface area is 125 Å². The zero-order valence-corrected chi connectivity index (χ0v) is 12.6. The number of benzene rings is 1. The summed E-state index contributed by atoms with van der Waals surface area (Å²) >= 11 is 0. The molecule has 0 amide bonds. The van der Waals surface area contributed by atoms with Crippen LogP contribution >= 0.6 is 0 Å². The highest BCUT2D eigenvalue weighted by molar-refractivity contribution is 7.91. The minimum atomic E-state index is -3.36. The van der Waals surface area contributed by atoms with Gasteiger partial charge in [-0.15, -0.1) is 0 Å². The Morgan fingerprint density at radius 3 is 2.67 bits per heavy atom. The Balaban J connectivity index is 1.79. The summed E-state index contributed by atoms with van der Waals surface area (Å²) in [5, 5.41) is 8.70. The third-order valence-corrected chi connectivity index (χ3v) is 5.11. The van der Waals surface area contributed by atoms with Gasteiger partial charge in [0.25, 0.3) is 0 Å². The van der Waals surface area contributed by atoms with Crippen LogP contribution in [0.2, 0.25) is 0 Å². The summed E-state index contributed by atoms with van der Waals surface area (Å²) in [6.07, 6.45) is 3.29. The quantitative estimate of drug-likeness (QED) is 0.750. The Bertz CT molecular complexity index is 583. The summed E-state index contributed by atoms with van der Waals surface area (Å²) in [6, 6.07) is 7.88. The molecule has 2 rings (SSSR count). The lowest BCUT2D eigenvalue weighted by molar-refractivity contribution is -0.0378. The molecule has 1 aliphatic heterocycles. The molecule has 1 aliphatic rings. The van der Waals surface area contributed by atoms with Gasteiger partial charge in [0.1, 0.15) is 0 Å². The maximum Gasteiger partial charge on any atom is 0.180 e. The average molecular weight is 309 g/mol. The van der Waals surface area contributed by atoms with Crippen LogP contribution in [0.4, 0.5) is 0 Å². The van der Waals surface area contributed by atoms with E-state index in [1.165, 1.54) is 24.3 Å². The number of hydrogen-bond donors (Lipinski definition) is 0. The first-order valence-electron chi connectivity index (χ1n) is 7.04. The summed E-state index contributed by atoms with van der Waals surface area (Å²) in [4.78, 5) is 0.221. The van der Waals surface area contributed by atoms with Crippen molar-refractivity contribution in [2.75, 3.05) is 25.6 Å². The van der Waals surface area contributed by atoms with Gasteiger partial charge in [-0.05, 0) is 43.5 Å². The molecule has 114 valence electrons. The van der Waals surface area contributed by atoms with Crippen molar-refractivity contribution < 1.29 is 17.9 Å². The highest BCUT2D eigenvalue weighted by atomic mass is 32.2. The van der Waals surface area contributed by atoms with Crippen LogP contribution in [0.5, 0.6) is 0 Å². The molecule has 0 N–H and O–H groups in total. The third-order valence-electron chi connectivity index (χ3n) is 3.42. The van der Waals surface area contributed by atoms with E-state index >= 15 is 0 Å². The highest BCUT2D eigenvalue weighted by Crippen LogP contribution is 2.14. The van der Waals surface area contributed by atoms with Gasteiger partial charge in [0, 0.05) is 6.61 Å². The second-order valence-corrected chi connectivity index (χ2v) is 7.13. The number of rotatable bonds is 6. The molecule has 1 aromatic rings. The molecule has 1 atom stereocenters. The molecule has 1 heterocycles. The second kappa shape index (κ2) is 7.55. The summed E-state index contributed by atoms with van der Waals surface area (Å²) in [5.74, 6) is -0.0639. The Kier molecular flexibility index (Phi) is 5.74. The van der Waals surface area contributed by atoms with Crippen LogP contribution in [0.25, 0.3) is 0 Å². The number of nitrogens with zero attached hydrogens (tertiary/aromatic N) is 1. The smallest absolute Gasteiger partial charge is 0.180 e. The zero-order valence-electron chi connectivity index (χ0n) is 11.8. The number of hydrogen-bond acceptors (Lipinski definition) is 5. The number of ether oxygens (including phenoxy) is 2. The monoisotopic (exact) mass is 309 g/mol. The lowest BCUT2D eigenvalue weighted by Gasteiger charge is -2.22. The van der Waals surface area contributed by atoms with E-state index in [1.807, 2.05) is 6.07 Å². The summed E-state index contributed by atoms with van der Waals surface area (Å²) in [5.41, 5.74) is 0.444. The number of nitriles is 1. The highest BCUT2D eigenvalue weighted by Gasteiger charge is 2.16. The normalized spacial score (nSPS) is 19.1. The molecule has 0 radical (unpaired) electrons. The van der Waals surface area contributed by atoms with Gasteiger partial charge in [0.15, 0.2) is 9.84 Å². The van der Waals surface area contributed by atoms with Crippen LogP contribution in [-0.2, 0) is 19.3 Å². The topological polar surface area (TPSA) is 76.4 Å². The summed E-state index contributed by atoms with van der Waals surface area (Å²) < 4.78 is 35.1. The molecule has 1 unspecified atom stereocenters. The van der Waals surface area contributed by atoms with E-state index in [9.17, 15) is 8.42 Å². The maximum atomic E-state index is 12.1. The fraction of sp³-hybridized carbons (Fsp3) is 0.533. The molecule has 1 fully saturated rings. The van der Waals surface area contributed by atoms with E-state index in [0.29, 0.717) is 12.2 Å². The van der Waals surface area contributed by atoms with Crippen LogP contribution in [0, 0.1) is 11.3 Å². The van der Waals surface area contributed by atoms with Gasteiger partial charge in [0.2, 0.25) is 0 Å². The van der Waals surface area contributed by atoms with Crippen molar-refractivity contribution in [3.8, 4) is 6.07 Å². The van der Waals surface area contributed by atoms with E-state index in [2.05, 4.69) is 0 Å². The van der Waals surface area contributed by atoms with Gasteiger partial charge in [-0.3, -0.25) is 0 Å². The molecular weight excluding hydrogens is 290 g/mol. The average Bonchev–Trinajstić information content (AvgIpc) is 2.53. The van der Waals surface area contributed by atoms with Crippen LogP contribution in [0.15, 0.2) is 29.2 Å². The zero-order chi connectivity index (χ0) is 15.1. The first kappa shape index (κ1) is 16.0. The van der Waals surface area contributed by atoms with Crippen LogP contribution in [-0.4, -0.2) is 40.1 Å². The molecule has 0 aliphatic carbocycles. The Morgan fingerprint density at radius 1 is 1.29 bits per heavy atom. The number of sulfone groups is 1. The van der Waals surface area contributed by atoms with Crippen molar-refractivity contribution in [3.63, 3.8) is 0 Å². The molecule has 21 heavy (non-hydrogen) atoms. The fourth-order valence-electron chi connectivity index (χ4n) is 2.18. The van der Waals surface area contributed by atoms with Crippen LogP contribution in [0.3, 0.4) is 0 Å². The van der Waals surface area contributed by atoms with E-state index in [0.717, 1.165) is 25.9 Å². The second-order valence-electron chi connectivity index (χ2n) is 5.02. The largest absolute Gasteiger partial charge is 0.378 e. The van der Waals surface area contributed by atoms with E-state index < -0.39 is 9.84 Å². The van der Waals surface area contributed by atoms with E-state index in [4.69, 9.17) is 14.7 Å². The Hall–Kier alpha value is -1.42. The predicted molar refractivity (Wildman–Crippen MR) is 77.6 cm³/mol. The van der Waals surface area contributed by atoms with Crippen LogP contribution in [0.1, 0.15) is 24.8 Å². The summed E-state index contributed by atoms with van der Waals surface area (Å²) in [7, 11) is -3.36. The van der Waals surface area contributed by atoms with Crippen molar-refractivity contribution in [3.05, 3.63) is 29.8 Å². The lowest BCUT2D eigenvalue weighted by Crippen LogP contribution is -2.25. The minimum Gasteiger partial charge on any atom is -0.378 e.